The van der Waals surface area contributed by atoms with E-state index in [9.17, 15) is 4.39 Å². The Bertz CT molecular complexity index is 1080. The molecule has 0 atom stereocenters. The first-order valence-corrected chi connectivity index (χ1v) is 8.53. The molecule has 4 rings (SSSR count). The van der Waals surface area contributed by atoms with Gasteiger partial charge in [0.2, 0.25) is 11.6 Å². The average Bonchev–Trinajstić information content (AvgIpc) is 3.15. The highest BCUT2D eigenvalue weighted by molar-refractivity contribution is 5.73. The number of pyridine rings is 2. The molecule has 4 aromatic rings. The molecule has 28 heavy (non-hydrogen) atoms. The fourth-order valence-corrected chi connectivity index (χ4v) is 2.46. The van der Waals surface area contributed by atoms with Gasteiger partial charge < -0.3 is 13.9 Å². The van der Waals surface area contributed by atoms with Crippen LogP contribution in [0.4, 0.5) is 4.39 Å². The smallest absolute Gasteiger partial charge is 0.248 e. The second-order valence-corrected chi connectivity index (χ2v) is 5.87. The number of aromatic nitrogens is 5. The highest BCUT2D eigenvalue weighted by Crippen LogP contribution is 2.24. The summed E-state index contributed by atoms with van der Waals surface area (Å²) in [6.07, 6.45) is 4.55. The van der Waals surface area contributed by atoms with Crippen molar-refractivity contribution in [1.29, 1.82) is 0 Å². The van der Waals surface area contributed by atoms with Gasteiger partial charge in [-0.1, -0.05) is 0 Å². The molecule has 0 N–H and O–H groups in total. The zero-order chi connectivity index (χ0) is 19.3. The number of rotatable bonds is 7. The van der Waals surface area contributed by atoms with Crippen LogP contribution in [-0.2, 0) is 6.61 Å². The highest BCUT2D eigenvalue weighted by Gasteiger charge is 2.12. The van der Waals surface area contributed by atoms with Crippen molar-refractivity contribution in [3.63, 3.8) is 0 Å². The van der Waals surface area contributed by atoms with Crippen molar-refractivity contribution in [3.05, 3.63) is 54.4 Å². The van der Waals surface area contributed by atoms with Crippen LogP contribution in [0.3, 0.4) is 0 Å². The SMILES string of the molecule is Cc1cc(-c2nc3cc(OCc4ccc(OCCF)cn4)cnc3o2)ncn1. The first-order valence-electron chi connectivity index (χ1n) is 8.53. The summed E-state index contributed by atoms with van der Waals surface area (Å²) in [5.74, 6) is 1.42. The van der Waals surface area contributed by atoms with Gasteiger partial charge in [0, 0.05) is 11.8 Å². The maximum atomic E-state index is 12.1. The lowest BCUT2D eigenvalue weighted by Gasteiger charge is -2.06. The molecule has 0 saturated heterocycles. The number of hydrogen-bond acceptors (Lipinski definition) is 8. The Morgan fingerprint density at radius 1 is 1.00 bits per heavy atom. The van der Waals surface area contributed by atoms with Gasteiger partial charge in [0.1, 0.15) is 48.9 Å². The Balaban J connectivity index is 1.46. The van der Waals surface area contributed by atoms with Crippen LogP contribution < -0.4 is 9.47 Å². The maximum Gasteiger partial charge on any atom is 0.248 e. The van der Waals surface area contributed by atoms with Gasteiger partial charge in [-0.3, -0.25) is 4.98 Å². The van der Waals surface area contributed by atoms with E-state index in [-0.39, 0.29) is 13.2 Å². The molecule has 0 unspecified atom stereocenters. The van der Waals surface area contributed by atoms with Crippen molar-refractivity contribution >= 4 is 11.2 Å². The number of nitrogens with zero attached hydrogens (tertiary/aromatic N) is 5. The summed E-state index contributed by atoms with van der Waals surface area (Å²) in [6, 6.07) is 7.00. The van der Waals surface area contributed by atoms with E-state index in [1.54, 1.807) is 30.5 Å². The normalized spacial score (nSPS) is 10.9. The van der Waals surface area contributed by atoms with E-state index < -0.39 is 6.67 Å². The van der Waals surface area contributed by atoms with Crippen molar-refractivity contribution in [2.24, 2.45) is 0 Å². The van der Waals surface area contributed by atoms with Crippen LogP contribution >= 0.6 is 0 Å². The molecule has 142 valence electrons. The number of fused-ring (bicyclic) bond motifs is 1. The molecule has 0 bridgehead atoms. The largest absolute Gasteiger partial charge is 0.489 e. The van der Waals surface area contributed by atoms with E-state index in [1.807, 2.05) is 6.92 Å². The molecule has 0 radical (unpaired) electrons. The minimum atomic E-state index is -0.541. The molecule has 0 saturated carbocycles. The lowest BCUT2D eigenvalue weighted by atomic mass is 10.3. The fourth-order valence-electron chi connectivity index (χ4n) is 2.46. The standard InChI is InChI=1S/C19H16FN5O3/c1-12-6-16(24-11-23-12)19-25-17-7-15(9-22-18(17)28-19)27-10-13-2-3-14(8-21-13)26-5-4-20/h2-3,6-9,11H,4-5,10H2,1H3. The first-order chi connectivity index (χ1) is 13.7. The zero-order valence-corrected chi connectivity index (χ0v) is 15.0. The second-order valence-electron chi connectivity index (χ2n) is 5.87. The van der Waals surface area contributed by atoms with Crippen molar-refractivity contribution in [1.82, 2.24) is 24.9 Å². The van der Waals surface area contributed by atoms with E-state index in [2.05, 4.69) is 24.9 Å². The molecular weight excluding hydrogens is 365 g/mol. The molecule has 0 fully saturated rings. The van der Waals surface area contributed by atoms with E-state index in [0.29, 0.717) is 40.0 Å². The molecule has 0 amide bonds. The first kappa shape index (κ1) is 17.8. The Labute approximate surface area is 159 Å². The van der Waals surface area contributed by atoms with E-state index in [1.165, 1.54) is 12.5 Å². The quantitative estimate of drug-likeness (QED) is 0.481. The summed E-state index contributed by atoms with van der Waals surface area (Å²) in [7, 11) is 0. The highest BCUT2D eigenvalue weighted by atomic mass is 19.1. The van der Waals surface area contributed by atoms with Crippen LogP contribution in [0.1, 0.15) is 11.4 Å². The minimum Gasteiger partial charge on any atom is -0.489 e. The van der Waals surface area contributed by atoms with Gasteiger partial charge in [-0.2, -0.15) is 0 Å². The number of ether oxygens (including phenoxy) is 2. The third kappa shape index (κ3) is 4.03. The van der Waals surface area contributed by atoms with Crippen LogP contribution in [0.25, 0.3) is 22.8 Å². The van der Waals surface area contributed by atoms with Crippen LogP contribution in [0, 0.1) is 6.92 Å². The Morgan fingerprint density at radius 2 is 1.89 bits per heavy atom. The van der Waals surface area contributed by atoms with Crippen LogP contribution in [0.15, 0.2) is 47.4 Å². The minimum absolute atomic E-state index is 0.0114. The Kier molecular flexibility index (Phi) is 5.05. The molecular formula is C19H16FN5O3. The monoisotopic (exact) mass is 381 g/mol. The summed E-state index contributed by atoms with van der Waals surface area (Å²) in [4.78, 5) is 21.1. The van der Waals surface area contributed by atoms with Crippen molar-refractivity contribution in [3.8, 4) is 23.1 Å². The van der Waals surface area contributed by atoms with Gasteiger partial charge in [-0.15, -0.1) is 0 Å². The molecule has 0 spiro atoms. The third-order valence-corrected chi connectivity index (χ3v) is 3.78. The van der Waals surface area contributed by atoms with Gasteiger partial charge in [0.25, 0.3) is 0 Å². The number of halogens is 1. The third-order valence-electron chi connectivity index (χ3n) is 3.78. The Hall–Kier alpha value is -3.62. The molecule has 9 heteroatoms. The van der Waals surface area contributed by atoms with E-state index >= 15 is 0 Å². The lowest BCUT2D eigenvalue weighted by Crippen LogP contribution is -2.01. The van der Waals surface area contributed by atoms with Gasteiger partial charge in [0.15, 0.2) is 0 Å². The summed E-state index contributed by atoms with van der Waals surface area (Å²) in [6.45, 7) is 1.58. The fraction of sp³-hybridized carbons (Fsp3) is 0.211. The van der Waals surface area contributed by atoms with Gasteiger partial charge in [-0.25, -0.2) is 24.3 Å². The number of alkyl halides is 1. The lowest BCUT2D eigenvalue weighted by molar-refractivity contribution is 0.271. The van der Waals surface area contributed by atoms with Crippen molar-refractivity contribution in [2.75, 3.05) is 13.3 Å². The van der Waals surface area contributed by atoms with Gasteiger partial charge in [0.05, 0.1) is 18.1 Å². The van der Waals surface area contributed by atoms with Crippen molar-refractivity contribution in [2.45, 2.75) is 13.5 Å². The summed E-state index contributed by atoms with van der Waals surface area (Å²) < 4.78 is 28.6. The summed E-state index contributed by atoms with van der Waals surface area (Å²) in [5, 5.41) is 0. The number of aryl methyl sites for hydroxylation is 1. The topological polar surface area (TPSA) is 96.1 Å². The molecule has 0 aliphatic heterocycles. The van der Waals surface area contributed by atoms with E-state index in [4.69, 9.17) is 13.9 Å². The second kappa shape index (κ2) is 7.95. The van der Waals surface area contributed by atoms with Crippen LogP contribution in [0.2, 0.25) is 0 Å². The molecule has 0 aliphatic carbocycles. The average molecular weight is 381 g/mol. The van der Waals surface area contributed by atoms with Gasteiger partial charge >= 0.3 is 0 Å². The molecule has 4 aromatic heterocycles. The molecule has 0 aliphatic rings. The van der Waals surface area contributed by atoms with Crippen molar-refractivity contribution < 1.29 is 18.3 Å². The molecule has 0 aromatic carbocycles. The number of oxazole rings is 1. The molecule has 8 nitrogen and oxygen atoms in total. The summed E-state index contributed by atoms with van der Waals surface area (Å²) in [5.41, 5.74) is 3.06. The van der Waals surface area contributed by atoms with Crippen LogP contribution in [-0.4, -0.2) is 38.2 Å². The van der Waals surface area contributed by atoms with Crippen LogP contribution in [0.5, 0.6) is 11.5 Å². The maximum absolute atomic E-state index is 12.1. The summed E-state index contributed by atoms with van der Waals surface area (Å²) >= 11 is 0. The number of hydrogen-bond donors (Lipinski definition) is 0. The van der Waals surface area contributed by atoms with E-state index in [0.717, 1.165) is 5.69 Å². The Morgan fingerprint density at radius 3 is 2.68 bits per heavy atom. The predicted octanol–water partition coefficient (Wildman–Crippen LogP) is 3.31. The zero-order valence-electron chi connectivity index (χ0n) is 15.0. The van der Waals surface area contributed by atoms with Gasteiger partial charge in [-0.05, 0) is 25.1 Å². The molecule has 4 heterocycles. The predicted molar refractivity (Wildman–Crippen MR) is 97.6 cm³/mol.